The van der Waals surface area contributed by atoms with Gasteiger partial charge in [-0.25, -0.2) is 17.2 Å². The Hall–Kier alpha value is -1.05. The SMILES string of the molecule is CCN1CCN(S(=O)(=O)c2ccc(F)cc2F)CC1. The lowest BCUT2D eigenvalue weighted by molar-refractivity contribution is 0.196. The zero-order chi connectivity index (χ0) is 14.0. The Balaban J connectivity index is 2.23. The van der Waals surface area contributed by atoms with Crippen LogP contribution in [0.15, 0.2) is 23.1 Å². The van der Waals surface area contributed by atoms with Crippen molar-refractivity contribution in [2.45, 2.75) is 11.8 Å². The second-order valence-corrected chi connectivity index (χ2v) is 6.32. The monoisotopic (exact) mass is 290 g/mol. The summed E-state index contributed by atoms with van der Waals surface area (Å²) in [5.74, 6) is -1.83. The number of sulfonamides is 1. The molecular weight excluding hydrogens is 274 g/mol. The van der Waals surface area contributed by atoms with Crippen molar-refractivity contribution in [3.8, 4) is 0 Å². The van der Waals surface area contributed by atoms with Crippen molar-refractivity contribution in [2.24, 2.45) is 0 Å². The van der Waals surface area contributed by atoms with Crippen LogP contribution < -0.4 is 0 Å². The van der Waals surface area contributed by atoms with Gasteiger partial charge in [-0.15, -0.1) is 0 Å². The zero-order valence-corrected chi connectivity index (χ0v) is 11.5. The first-order valence-corrected chi connectivity index (χ1v) is 7.56. The molecule has 0 unspecified atom stereocenters. The molecule has 0 aromatic heterocycles. The average molecular weight is 290 g/mol. The fraction of sp³-hybridized carbons (Fsp3) is 0.500. The van der Waals surface area contributed by atoms with Crippen LogP contribution in [-0.4, -0.2) is 50.3 Å². The van der Waals surface area contributed by atoms with E-state index in [0.717, 1.165) is 18.7 Å². The summed E-state index contributed by atoms with van der Waals surface area (Å²) < 4.78 is 52.2. The van der Waals surface area contributed by atoms with Crippen molar-refractivity contribution in [3.63, 3.8) is 0 Å². The summed E-state index contributed by atoms with van der Waals surface area (Å²) in [5, 5.41) is 0. The maximum Gasteiger partial charge on any atom is 0.246 e. The first-order chi connectivity index (χ1) is 8.95. The third-order valence-corrected chi connectivity index (χ3v) is 5.22. The highest BCUT2D eigenvalue weighted by Gasteiger charge is 2.30. The van der Waals surface area contributed by atoms with Gasteiger partial charge in [-0.05, 0) is 18.7 Å². The predicted octanol–water partition coefficient (Wildman–Crippen LogP) is 1.29. The third kappa shape index (κ3) is 2.93. The fourth-order valence-electron chi connectivity index (χ4n) is 2.11. The van der Waals surface area contributed by atoms with Crippen LogP contribution in [0.4, 0.5) is 8.78 Å². The largest absolute Gasteiger partial charge is 0.301 e. The topological polar surface area (TPSA) is 40.6 Å². The highest BCUT2D eigenvalue weighted by Crippen LogP contribution is 2.21. The van der Waals surface area contributed by atoms with Gasteiger partial charge in [0, 0.05) is 32.2 Å². The number of rotatable bonds is 3. The molecule has 2 rings (SSSR count). The number of halogens is 2. The van der Waals surface area contributed by atoms with Crippen LogP contribution in [-0.2, 0) is 10.0 Å². The molecule has 1 fully saturated rings. The van der Waals surface area contributed by atoms with E-state index in [-0.39, 0.29) is 0 Å². The van der Waals surface area contributed by atoms with E-state index in [0.29, 0.717) is 32.2 Å². The summed E-state index contributed by atoms with van der Waals surface area (Å²) in [7, 11) is -3.88. The van der Waals surface area contributed by atoms with E-state index < -0.39 is 26.6 Å². The third-order valence-electron chi connectivity index (χ3n) is 3.29. The quantitative estimate of drug-likeness (QED) is 0.842. The van der Waals surface area contributed by atoms with Gasteiger partial charge in [0.2, 0.25) is 10.0 Å². The van der Waals surface area contributed by atoms with E-state index in [1.807, 2.05) is 6.92 Å². The first kappa shape index (κ1) is 14.4. The Labute approximate surface area is 111 Å². The molecule has 0 atom stereocenters. The highest BCUT2D eigenvalue weighted by atomic mass is 32.2. The molecule has 1 aromatic rings. The first-order valence-electron chi connectivity index (χ1n) is 6.12. The molecule has 1 aliphatic heterocycles. The van der Waals surface area contributed by atoms with Crippen LogP contribution in [0.1, 0.15) is 6.92 Å². The summed E-state index contributed by atoms with van der Waals surface area (Å²) in [6.07, 6.45) is 0. The van der Waals surface area contributed by atoms with Gasteiger partial charge in [-0.2, -0.15) is 4.31 Å². The van der Waals surface area contributed by atoms with Crippen LogP contribution in [0.3, 0.4) is 0 Å². The van der Waals surface area contributed by atoms with E-state index in [4.69, 9.17) is 0 Å². The molecule has 19 heavy (non-hydrogen) atoms. The van der Waals surface area contributed by atoms with Crippen LogP contribution in [0, 0.1) is 11.6 Å². The van der Waals surface area contributed by atoms with E-state index in [9.17, 15) is 17.2 Å². The van der Waals surface area contributed by atoms with Gasteiger partial charge in [0.1, 0.15) is 16.5 Å². The van der Waals surface area contributed by atoms with Gasteiger partial charge in [-0.3, -0.25) is 0 Å². The van der Waals surface area contributed by atoms with E-state index in [1.54, 1.807) is 0 Å². The van der Waals surface area contributed by atoms with E-state index in [1.165, 1.54) is 4.31 Å². The molecule has 1 aromatic carbocycles. The summed E-state index contributed by atoms with van der Waals surface area (Å²) in [6.45, 7) is 4.76. The number of piperazine rings is 1. The van der Waals surface area contributed by atoms with Crippen LogP contribution in [0.25, 0.3) is 0 Å². The van der Waals surface area contributed by atoms with Crippen molar-refractivity contribution >= 4 is 10.0 Å². The molecule has 4 nitrogen and oxygen atoms in total. The van der Waals surface area contributed by atoms with Gasteiger partial charge >= 0.3 is 0 Å². The van der Waals surface area contributed by atoms with Crippen molar-refractivity contribution in [1.82, 2.24) is 9.21 Å². The second kappa shape index (κ2) is 5.52. The van der Waals surface area contributed by atoms with Crippen molar-refractivity contribution in [1.29, 1.82) is 0 Å². The predicted molar refractivity (Wildman–Crippen MR) is 67.2 cm³/mol. The lowest BCUT2D eigenvalue weighted by Crippen LogP contribution is -2.48. The Morgan fingerprint density at radius 1 is 1.16 bits per heavy atom. The van der Waals surface area contributed by atoms with Crippen LogP contribution in [0.5, 0.6) is 0 Å². The molecule has 0 amide bonds. The summed E-state index contributed by atoms with van der Waals surface area (Å²) in [6, 6.07) is 2.53. The standard InChI is InChI=1S/C12H16F2N2O2S/c1-2-15-5-7-16(8-6-15)19(17,18)12-4-3-10(13)9-11(12)14/h3-4,9H,2,5-8H2,1H3. The maximum atomic E-state index is 13.6. The molecule has 0 bridgehead atoms. The lowest BCUT2D eigenvalue weighted by atomic mass is 10.3. The van der Waals surface area contributed by atoms with Crippen LogP contribution >= 0.6 is 0 Å². The molecule has 0 N–H and O–H groups in total. The van der Waals surface area contributed by atoms with Gasteiger partial charge in [0.05, 0.1) is 0 Å². The van der Waals surface area contributed by atoms with Gasteiger partial charge in [0.25, 0.3) is 0 Å². The molecule has 7 heteroatoms. The molecule has 0 spiro atoms. The second-order valence-electron chi connectivity index (χ2n) is 4.41. The van der Waals surface area contributed by atoms with Gasteiger partial charge in [0.15, 0.2) is 0 Å². The summed E-state index contributed by atoms with van der Waals surface area (Å²) in [4.78, 5) is 1.66. The Bertz CT molecular complexity index is 555. The van der Waals surface area contributed by atoms with Crippen molar-refractivity contribution in [2.75, 3.05) is 32.7 Å². The maximum absolute atomic E-state index is 13.6. The number of hydrogen-bond acceptors (Lipinski definition) is 3. The normalized spacial score (nSPS) is 18.7. The average Bonchev–Trinajstić information content (AvgIpc) is 2.38. The smallest absolute Gasteiger partial charge is 0.246 e. The molecule has 106 valence electrons. The number of benzene rings is 1. The minimum absolute atomic E-state index is 0.326. The molecule has 1 heterocycles. The molecule has 1 aliphatic rings. The molecule has 0 radical (unpaired) electrons. The molecule has 0 saturated carbocycles. The minimum atomic E-state index is -3.88. The van der Waals surface area contributed by atoms with Gasteiger partial charge < -0.3 is 4.90 Å². The Morgan fingerprint density at radius 2 is 1.79 bits per heavy atom. The Kier molecular flexibility index (Phi) is 4.17. The lowest BCUT2D eigenvalue weighted by Gasteiger charge is -2.33. The number of nitrogens with zero attached hydrogens (tertiary/aromatic N) is 2. The molecule has 0 aliphatic carbocycles. The number of hydrogen-bond donors (Lipinski definition) is 0. The Morgan fingerprint density at radius 3 is 2.32 bits per heavy atom. The zero-order valence-electron chi connectivity index (χ0n) is 10.6. The molecule has 1 saturated heterocycles. The fourth-order valence-corrected chi connectivity index (χ4v) is 3.58. The van der Waals surface area contributed by atoms with Gasteiger partial charge in [-0.1, -0.05) is 6.92 Å². The van der Waals surface area contributed by atoms with Crippen molar-refractivity contribution < 1.29 is 17.2 Å². The summed E-state index contributed by atoms with van der Waals surface area (Å²) in [5.41, 5.74) is 0. The van der Waals surface area contributed by atoms with E-state index >= 15 is 0 Å². The number of likely N-dealkylation sites (N-methyl/N-ethyl adjacent to an activating group) is 1. The highest BCUT2D eigenvalue weighted by molar-refractivity contribution is 7.89. The molecular formula is C12H16F2N2O2S. The van der Waals surface area contributed by atoms with Crippen LogP contribution in [0.2, 0.25) is 0 Å². The van der Waals surface area contributed by atoms with Crippen molar-refractivity contribution in [3.05, 3.63) is 29.8 Å². The minimum Gasteiger partial charge on any atom is -0.301 e. The summed E-state index contributed by atoms with van der Waals surface area (Å²) >= 11 is 0. The van der Waals surface area contributed by atoms with E-state index in [2.05, 4.69) is 4.90 Å².